The Kier molecular flexibility index (Phi) is 6.78. The molecule has 1 atom stereocenters. The molecule has 0 aromatic carbocycles. The van der Waals surface area contributed by atoms with Gasteiger partial charge in [-0.3, -0.25) is 0 Å². The third kappa shape index (κ3) is 5.00. The lowest BCUT2D eigenvalue weighted by molar-refractivity contribution is -0.145. The van der Waals surface area contributed by atoms with Crippen molar-refractivity contribution in [1.82, 2.24) is 10.6 Å². The monoisotopic (exact) mass is 286 g/mol. The number of carbonyl (C=O) groups is 2. The predicted molar refractivity (Wildman–Crippen MR) is 75.7 cm³/mol. The summed E-state index contributed by atoms with van der Waals surface area (Å²) in [5.41, 5.74) is -1.12. The zero-order chi connectivity index (χ0) is 15.0. The fourth-order valence-electron chi connectivity index (χ4n) is 2.57. The van der Waals surface area contributed by atoms with Crippen molar-refractivity contribution >= 4 is 12.0 Å². The Hall–Kier alpha value is -1.30. The SMILES string of the molecule is CCOC(C)CNC(=O)NC1(C(=O)O)CCCCCC1. The van der Waals surface area contributed by atoms with Gasteiger partial charge >= 0.3 is 12.0 Å². The van der Waals surface area contributed by atoms with Gasteiger partial charge in [-0.2, -0.15) is 0 Å². The summed E-state index contributed by atoms with van der Waals surface area (Å²) in [6, 6.07) is -0.430. The third-order valence-corrected chi connectivity index (χ3v) is 3.72. The number of carboxylic acid groups (broad SMARTS) is 1. The minimum atomic E-state index is -1.12. The fraction of sp³-hybridized carbons (Fsp3) is 0.857. The first kappa shape index (κ1) is 16.8. The van der Waals surface area contributed by atoms with Gasteiger partial charge in [0, 0.05) is 13.2 Å². The molecule has 3 N–H and O–H groups in total. The Labute approximate surface area is 120 Å². The number of rotatable bonds is 6. The summed E-state index contributed by atoms with van der Waals surface area (Å²) in [4.78, 5) is 23.4. The highest BCUT2D eigenvalue weighted by atomic mass is 16.5. The van der Waals surface area contributed by atoms with Crippen LogP contribution in [-0.2, 0) is 9.53 Å². The molecule has 0 radical (unpaired) electrons. The number of amides is 2. The van der Waals surface area contributed by atoms with E-state index >= 15 is 0 Å². The highest BCUT2D eigenvalue weighted by molar-refractivity contribution is 5.86. The average Bonchev–Trinajstić information content (AvgIpc) is 2.63. The molecule has 0 bridgehead atoms. The van der Waals surface area contributed by atoms with Gasteiger partial charge in [-0.1, -0.05) is 25.7 Å². The van der Waals surface area contributed by atoms with E-state index in [4.69, 9.17) is 4.74 Å². The number of aliphatic carboxylic acids is 1. The van der Waals surface area contributed by atoms with Gasteiger partial charge in [-0.05, 0) is 26.7 Å². The van der Waals surface area contributed by atoms with Gasteiger partial charge in [-0.15, -0.1) is 0 Å². The van der Waals surface area contributed by atoms with E-state index in [0.717, 1.165) is 25.7 Å². The lowest BCUT2D eigenvalue weighted by Crippen LogP contribution is -2.57. The first-order valence-electron chi connectivity index (χ1n) is 7.41. The number of urea groups is 1. The number of hydrogen-bond acceptors (Lipinski definition) is 3. The normalized spacial score (nSPS) is 19.7. The zero-order valence-corrected chi connectivity index (χ0v) is 12.4. The molecule has 0 aliphatic heterocycles. The second-order valence-electron chi connectivity index (χ2n) is 5.40. The van der Waals surface area contributed by atoms with E-state index in [-0.39, 0.29) is 6.10 Å². The standard InChI is InChI=1S/C14H26N2O4/c1-3-20-11(2)10-15-13(19)16-14(12(17)18)8-6-4-5-7-9-14/h11H,3-10H2,1-2H3,(H,17,18)(H2,15,16,19). The van der Waals surface area contributed by atoms with Crippen molar-refractivity contribution in [2.24, 2.45) is 0 Å². The van der Waals surface area contributed by atoms with E-state index in [0.29, 0.717) is 26.0 Å². The maximum atomic E-state index is 11.9. The molecular weight excluding hydrogens is 260 g/mol. The van der Waals surface area contributed by atoms with E-state index in [1.807, 2.05) is 13.8 Å². The van der Waals surface area contributed by atoms with Crippen LogP contribution in [0.5, 0.6) is 0 Å². The summed E-state index contributed by atoms with van der Waals surface area (Å²) in [6.07, 6.45) is 4.64. The molecule has 6 heteroatoms. The average molecular weight is 286 g/mol. The van der Waals surface area contributed by atoms with E-state index in [1.54, 1.807) is 0 Å². The zero-order valence-electron chi connectivity index (χ0n) is 12.4. The van der Waals surface area contributed by atoms with Crippen LogP contribution in [0.25, 0.3) is 0 Å². The van der Waals surface area contributed by atoms with Crippen LogP contribution in [0.3, 0.4) is 0 Å². The molecule has 116 valence electrons. The Morgan fingerprint density at radius 2 is 1.85 bits per heavy atom. The lowest BCUT2D eigenvalue weighted by atomic mass is 9.90. The predicted octanol–water partition coefficient (Wildman–Crippen LogP) is 1.89. The number of carboxylic acids is 1. The molecule has 0 aromatic rings. The van der Waals surface area contributed by atoms with Crippen molar-refractivity contribution in [3.8, 4) is 0 Å². The first-order chi connectivity index (χ1) is 9.50. The molecule has 1 fully saturated rings. The minimum Gasteiger partial charge on any atom is -0.480 e. The topological polar surface area (TPSA) is 87.7 Å². The number of nitrogens with one attached hydrogen (secondary N) is 2. The summed E-state index contributed by atoms with van der Waals surface area (Å²) in [6.45, 7) is 4.71. The van der Waals surface area contributed by atoms with Gasteiger partial charge in [0.25, 0.3) is 0 Å². The van der Waals surface area contributed by atoms with Crippen LogP contribution in [0.1, 0.15) is 52.4 Å². The minimum absolute atomic E-state index is 0.0827. The molecule has 0 aromatic heterocycles. The Balaban J connectivity index is 2.52. The molecule has 1 aliphatic rings. The molecule has 0 spiro atoms. The summed E-state index contributed by atoms with van der Waals surface area (Å²) >= 11 is 0. The summed E-state index contributed by atoms with van der Waals surface area (Å²) < 4.78 is 5.32. The van der Waals surface area contributed by atoms with Crippen LogP contribution in [-0.4, -0.2) is 41.9 Å². The van der Waals surface area contributed by atoms with Gasteiger partial charge in [0.15, 0.2) is 0 Å². The third-order valence-electron chi connectivity index (χ3n) is 3.72. The Bertz CT molecular complexity index is 325. The highest BCUT2D eigenvalue weighted by Gasteiger charge is 2.40. The number of hydrogen-bond donors (Lipinski definition) is 3. The molecular formula is C14H26N2O4. The molecule has 20 heavy (non-hydrogen) atoms. The van der Waals surface area contributed by atoms with Gasteiger partial charge in [0.2, 0.25) is 0 Å². The second kappa shape index (κ2) is 8.09. The van der Waals surface area contributed by atoms with Crippen LogP contribution in [0, 0.1) is 0 Å². The molecule has 1 aliphatic carbocycles. The lowest BCUT2D eigenvalue weighted by Gasteiger charge is -2.29. The van der Waals surface area contributed by atoms with Gasteiger partial charge in [0.05, 0.1) is 6.10 Å². The fourth-order valence-corrected chi connectivity index (χ4v) is 2.57. The number of ether oxygens (including phenoxy) is 1. The van der Waals surface area contributed by atoms with E-state index < -0.39 is 17.5 Å². The van der Waals surface area contributed by atoms with Crippen LogP contribution < -0.4 is 10.6 Å². The molecule has 0 heterocycles. The van der Waals surface area contributed by atoms with Crippen molar-refractivity contribution in [3.63, 3.8) is 0 Å². The largest absolute Gasteiger partial charge is 0.480 e. The van der Waals surface area contributed by atoms with Crippen molar-refractivity contribution < 1.29 is 19.4 Å². The summed E-state index contributed by atoms with van der Waals surface area (Å²) in [7, 11) is 0. The first-order valence-corrected chi connectivity index (χ1v) is 7.41. The Morgan fingerprint density at radius 3 is 2.35 bits per heavy atom. The molecule has 6 nitrogen and oxygen atoms in total. The van der Waals surface area contributed by atoms with Crippen LogP contribution in [0.4, 0.5) is 4.79 Å². The van der Waals surface area contributed by atoms with Crippen LogP contribution >= 0.6 is 0 Å². The van der Waals surface area contributed by atoms with Crippen molar-refractivity contribution in [1.29, 1.82) is 0 Å². The highest BCUT2D eigenvalue weighted by Crippen LogP contribution is 2.27. The van der Waals surface area contributed by atoms with E-state index in [9.17, 15) is 14.7 Å². The smallest absolute Gasteiger partial charge is 0.329 e. The summed E-state index contributed by atoms with van der Waals surface area (Å²) in [5.74, 6) is -0.938. The van der Waals surface area contributed by atoms with Crippen LogP contribution in [0.15, 0.2) is 0 Å². The molecule has 1 unspecified atom stereocenters. The maximum absolute atomic E-state index is 11.9. The van der Waals surface area contributed by atoms with Crippen LogP contribution in [0.2, 0.25) is 0 Å². The molecule has 2 amide bonds. The van der Waals surface area contributed by atoms with Crippen molar-refractivity contribution in [2.45, 2.75) is 64.0 Å². The van der Waals surface area contributed by atoms with E-state index in [2.05, 4.69) is 10.6 Å². The summed E-state index contributed by atoms with van der Waals surface area (Å²) in [5, 5.41) is 14.8. The van der Waals surface area contributed by atoms with Gasteiger partial charge in [-0.25, -0.2) is 9.59 Å². The van der Waals surface area contributed by atoms with E-state index in [1.165, 1.54) is 0 Å². The second-order valence-corrected chi connectivity index (χ2v) is 5.40. The van der Waals surface area contributed by atoms with Crippen molar-refractivity contribution in [3.05, 3.63) is 0 Å². The van der Waals surface area contributed by atoms with Gasteiger partial charge < -0.3 is 20.5 Å². The van der Waals surface area contributed by atoms with Crippen molar-refractivity contribution in [2.75, 3.05) is 13.2 Å². The maximum Gasteiger partial charge on any atom is 0.329 e. The quantitative estimate of drug-likeness (QED) is 0.651. The number of carbonyl (C=O) groups excluding carboxylic acids is 1. The Morgan fingerprint density at radius 1 is 1.25 bits per heavy atom. The van der Waals surface area contributed by atoms with Gasteiger partial charge in [0.1, 0.15) is 5.54 Å². The molecule has 1 saturated carbocycles. The molecule has 0 saturated heterocycles. The molecule has 1 rings (SSSR count).